The van der Waals surface area contributed by atoms with Crippen molar-refractivity contribution in [2.45, 2.75) is 104 Å². The van der Waals surface area contributed by atoms with Gasteiger partial charge in [-0.3, -0.25) is 0 Å². The van der Waals surface area contributed by atoms with Gasteiger partial charge in [0.2, 0.25) is 0 Å². The highest BCUT2D eigenvalue weighted by atomic mass is 16.6. The molecule has 58 heavy (non-hydrogen) atoms. The first-order valence-corrected chi connectivity index (χ1v) is 20.8. The Hall–Kier alpha value is -0.720. The van der Waals surface area contributed by atoms with E-state index in [-0.39, 0.29) is 62.5 Å². The van der Waals surface area contributed by atoms with Gasteiger partial charge in [-0.1, -0.05) is 0 Å². The largest absolute Gasteiger partial charge is 0.394 e. The van der Waals surface area contributed by atoms with Gasteiger partial charge in [0.05, 0.1) is 207 Å². The highest BCUT2D eigenvalue weighted by molar-refractivity contribution is 4.59. The van der Waals surface area contributed by atoms with Gasteiger partial charge in [0.25, 0.3) is 0 Å². The first-order chi connectivity index (χ1) is 27.9. The molecule has 4 N–H and O–H groups in total. The van der Waals surface area contributed by atoms with E-state index in [1.807, 2.05) is 48.5 Å². The number of rotatable bonds is 44. The van der Waals surface area contributed by atoms with Crippen LogP contribution in [-0.2, 0) is 66.3 Å². The first-order valence-electron chi connectivity index (χ1n) is 20.8. The van der Waals surface area contributed by atoms with Gasteiger partial charge in [-0.15, -0.1) is 0 Å². The van der Waals surface area contributed by atoms with Gasteiger partial charge in [-0.2, -0.15) is 0 Å². The topological polar surface area (TPSA) is 210 Å². The molecule has 352 valence electrons. The zero-order chi connectivity index (χ0) is 43.5. The van der Waals surface area contributed by atoms with Crippen LogP contribution in [0.15, 0.2) is 0 Å². The minimum Gasteiger partial charge on any atom is -0.394 e. The third-order valence-corrected chi connectivity index (χ3v) is 7.28. The summed E-state index contributed by atoms with van der Waals surface area (Å²) in [6, 6.07) is 0. The van der Waals surface area contributed by atoms with Crippen molar-refractivity contribution >= 4 is 0 Å². The summed E-state index contributed by atoms with van der Waals surface area (Å²) in [6.07, 6.45) is -1.07. The summed E-state index contributed by atoms with van der Waals surface area (Å²) in [6.45, 7) is 25.0. The van der Waals surface area contributed by atoms with Crippen LogP contribution in [0.1, 0.15) is 55.4 Å². The minimum atomic E-state index is -0.478. The summed E-state index contributed by atoms with van der Waals surface area (Å²) in [5, 5.41) is 35.2. The van der Waals surface area contributed by atoms with Crippen molar-refractivity contribution < 1.29 is 86.7 Å². The number of hydrogen-bond acceptors (Lipinski definition) is 18. The lowest BCUT2D eigenvalue weighted by molar-refractivity contribution is -0.108. The van der Waals surface area contributed by atoms with Crippen molar-refractivity contribution in [1.29, 1.82) is 0 Å². The summed E-state index contributed by atoms with van der Waals surface area (Å²) in [5.41, 5.74) is 0. The Balaban J connectivity index is 0. The van der Waals surface area contributed by atoms with Gasteiger partial charge < -0.3 is 86.7 Å². The fourth-order valence-corrected chi connectivity index (χ4v) is 3.99. The molecule has 8 unspecified atom stereocenters. The molecule has 0 aromatic heterocycles. The molecule has 8 atom stereocenters. The molecule has 18 heteroatoms. The zero-order valence-corrected chi connectivity index (χ0v) is 37.1. The van der Waals surface area contributed by atoms with Crippen molar-refractivity contribution in [3.05, 3.63) is 0 Å². The van der Waals surface area contributed by atoms with Gasteiger partial charge in [0, 0.05) is 0 Å². The smallest absolute Gasteiger partial charge is 0.0781 e. The Kier molecular flexibility index (Phi) is 46.9. The molecule has 0 heterocycles. The van der Waals surface area contributed by atoms with Crippen LogP contribution in [0.4, 0.5) is 0 Å². The average molecular weight is 853 g/mol. The lowest BCUT2D eigenvalue weighted by Crippen LogP contribution is -2.30. The molecule has 18 nitrogen and oxygen atoms in total. The summed E-state index contributed by atoms with van der Waals surface area (Å²) < 4.78 is 76.5. The molecule has 0 bridgehead atoms. The first kappa shape index (κ1) is 59.4. The van der Waals surface area contributed by atoms with Crippen LogP contribution >= 0.6 is 0 Å². The zero-order valence-electron chi connectivity index (χ0n) is 37.1. The molecule has 0 spiro atoms. The molecule has 0 aromatic carbocycles. The summed E-state index contributed by atoms with van der Waals surface area (Å²) in [5.74, 6) is 0. The Bertz CT molecular complexity index is 766. The molecular weight excluding hydrogens is 768 g/mol. The lowest BCUT2D eigenvalue weighted by Gasteiger charge is -2.22. The van der Waals surface area contributed by atoms with Crippen LogP contribution < -0.4 is 0 Å². The molecule has 0 fully saturated rings. The molecule has 0 amide bonds. The van der Waals surface area contributed by atoms with E-state index in [1.54, 1.807) is 6.92 Å². The van der Waals surface area contributed by atoms with E-state index in [2.05, 4.69) is 0 Å². The maximum absolute atomic E-state index is 9.24. The van der Waals surface area contributed by atoms with Crippen molar-refractivity contribution in [3.8, 4) is 0 Å². The summed E-state index contributed by atoms with van der Waals surface area (Å²) in [4.78, 5) is 0. The number of hydrogen-bond donors (Lipinski definition) is 4. The molecule has 0 aliphatic rings. The van der Waals surface area contributed by atoms with Crippen molar-refractivity contribution in [1.82, 2.24) is 0 Å². The fraction of sp³-hybridized carbons (Fsp3) is 1.00. The molecule has 0 saturated carbocycles. The third-order valence-electron chi connectivity index (χ3n) is 7.28. The second-order valence-corrected chi connectivity index (χ2v) is 13.8. The molecular formula is C40H84O18. The van der Waals surface area contributed by atoms with E-state index in [9.17, 15) is 5.11 Å². The number of aliphatic hydroxyl groups is 4. The van der Waals surface area contributed by atoms with E-state index in [1.165, 1.54) is 0 Å². The van der Waals surface area contributed by atoms with Gasteiger partial charge in [-0.05, 0) is 55.4 Å². The van der Waals surface area contributed by atoms with Crippen molar-refractivity contribution in [3.63, 3.8) is 0 Å². The highest BCUT2D eigenvalue weighted by Crippen LogP contribution is 2.05. The van der Waals surface area contributed by atoms with Crippen LogP contribution in [-0.4, -0.2) is 228 Å². The normalized spacial score (nSPS) is 15.9. The van der Waals surface area contributed by atoms with E-state index in [0.29, 0.717) is 139 Å². The summed E-state index contributed by atoms with van der Waals surface area (Å²) in [7, 11) is 0. The second kappa shape index (κ2) is 45.8. The van der Waals surface area contributed by atoms with E-state index < -0.39 is 6.10 Å². The quantitative estimate of drug-likeness (QED) is 0.0637. The number of aliphatic hydroxyl groups excluding tert-OH is 4. The summed E-state index contributed by atoms with van der Waals surface area (Å²) >= 11 is 0. The van der Waals surface area contributed by atoms with E-state index in [0.717, 1.165) is 0 Å². The minimum absolute atomic E-state index is 0.000849. The molecule has 0 radical (unpaired) electrons. The Morgan fingerprint density at radius 2 is 0.466 bits per heavy atom. The van der Waals surface area contributed by atoms with Crippen LogP contribution in [0.2, 0.25) is 0 Å². The van der Waals surface area contributed by atoms with E-state index >= 15 is 0 Å². The third kappa shape index (κ3) is 48.0. The van der Waals surface area contributed by atoms with Gasteiger partial charge in [-0.25, -0.2) is 0 Å². The second-order valence-electron chi connectivity index (χ2n) is 13.8. The van der Waals surface area contributed by atoms with E-state index in [4.69, 9.17) is 81.6 Å². The molecule has 0 saturated heterocycles. The van der Waals surface area contributed by atoms with Gasteiger partial charge in [0.1, 0.15) is 0 Å². The van der Waals surface area contributed by atoms with Crippen LogP contribution in [0.5, 0.6) is 0 Å². The van der Waals surface area contributed by atoms with Crippen LogP contribution in [0.3, 0.4) is 0 Å². The van der Waals surface area contributed by atoms with Gasteiger partial charge in [0.15, 0.2) is 0 Å². The molecule has 0 rings (SSSR count). The predicted octanol–water partition coefficient (Wildman–Crippen LogP) is 1.28. The fourth-order valence-electron chi connectivity index (χ4n) is 3.99. The van der Waals surface area contributed by atoms with Crippen LogP contribution in [0, 0.1) is 0 Å². The van der Waals surface area contributed by atoms with Crippen molar-refractivity contribution in [2.75, 3.05) is 159 Å². The van der Waals surface area contributed by atoms with Crippen LogP contribution in [0.25, 0.3) is 0 Å². The predicted molar refractivity (Wildman–Crippen MR) is 217 cm³/mol. The molecule has 0 aliphatic carbocycles. The Morgan fingerprint density at radius 1 is 0.276 bits per heavy atom. The van der Waals surface area contributed by atoms with Gasteiger partial charge >= 0.3 is 0 Å². The Morgan fingerprint density at radius 3 is 0.655 bits per heavy atom. The maximum Gasteiger partial charge on any atom is 0.0781 e. The standard InChI is InChI=1S/C24H50O9.C16H34O9/c1-17(26)10-27-19(3)12-29-21(5)14-31-23(7)16-33-24(8)15-32-22(6)13-30-20(4)11-28-18(2)9-25;17-1-3-19-5-7-21-9-11-23-13-15-25-16-14-24-12-10-22-8-6-20-4-2-18/h17-26H,9-16H2,1-8H3;17-18H,1-16H2. The maximum atomic E-state index is 9.24. The van der Waals surface area contributed by atoms with Crippen molar-refractivity contribution in [2.24, 2.45) is 0 Å². The molecule has 0 aliphatic heterocycles. The lowest BCUT2D eigenvalue weighted by atomic mass is 10.3. The highest BCUT2D eigenvalue weighted by Gasteiger charge is 2.14. The SMILES string of the molecule is CC(O)COC(C)COC(C)COC(C)COC(C)COC(C)COC(C)COC(C)CO.OCCOCCOCCOCCOCCOCCOCCOCCO. The average Bonchev–Trinajstić information content (AvgIpc) is 3.21. The molecule has 0 aromatic rings. The number of ether oxygens (including phenoxy) is 14. The Labute approximate surface area is 349 Å². The monoisotopic (exact) mass is 853 g/mol.